The summed E-state index contributed by atoms with van der Waals surface area (Å²) < 4.78 is 5.07. The zero-order valence-corrected chi connectivity index (χ0v) is 7.53. The van der Waals surface area contributed by atoms with Crippen molar-refractivity contribution in [1.82, 2.24) is 15.5 Å². The van der Waals surface area contributed by atoms with E-state index < -0.39 is 0 Å². The third kappa shape index (κ3) is 1.57. The Morgan fingerprint density at radius 1 is 1.62 bits per heavy atom. The maximum absolute atomic E-state index is 9.07. The molecule has 72 valence electrons. The number of nitrogens with one attached hydrogen (secondary N) is 1. The van der Waals surface area contributed by atoms with Crippen LogP contribution in [0.3, 0.4) is 0 Å². The molecule has 2 N–H and O–H groups in total. The first kappa shape index (κ1) is 8.65. The number of rotatable bonds is 2. The first-order chi connectivity index (χ1) is 6.31. The molecule has 5 nitrogen and oxygen atoms in total. The Morgan fingerprint density at radius 3 is 3.08 bits per heavy atom. The summed E-state index contributed by atoms with van der Waals surface area (Å²) in [4.78, 5) is 4.16. The largest absolute Gasteiger partial charge is 0.396 e. The molecular weight excluding hydrogens is 170 g/mol. The summed E-state index contributed by atoms with van der Waals surface area (Å²) in [6.07, 6.45) is 0. The third-order valence-electron chi connectivity index (χ3n) is 2.43. The molecule has 1 aromatic rings. The quantitative estimate of drug-likeness (QED) is 0.657. The van der Waals surface area contributed by atoms with Gasteiger partial charge < -0.3 is 14.9 Å². The Kier molecular flexibility index (Phi) is 2.28. The van der Waals surface area contributed by atoms with Gasteiger partial charge in [-0.05, 0) is 6.92 Å². The zero-order valence-electron chi connectivity index (χ0n) is 7.53. The van der Waals surface area contributed by atoms with Gasteiger partial charge in [-0.25, -0.2) is 0 Å². The van der Waals surface area contributed by atoms with Crippen LogP contribution in [0.5, 0.6) is 0 Å². The smallest absolute Gasteiger partial charge is 0.231 e. The molecule has 1 saturated heterocycles. The fourth-order valence-electron chi connectivity index (χ4n) is 1.68. The van der Waals surface area contributed by atoms with Crippen LogP contribution in [-0.2, 0) is 0 Å². The summed E-state index contributed by atoms with van der Waals surface area (Å²) in [6, 6.07) is 0. The van der Waals surface area contributed by atoms with Gasteiger partial charge in [-0.15, -0.1) is 0 Å². The highest BCUT2D eigenvalue weighted by Gasteiger charge is 2.31. The molecule has 0 spiro atoms. The van der Waals surface area contributed by atoms with Crippen molar-refractivity contribution in [1.29, 1.82) is 0 Å². The minimum atomic E-state index is 0.166. The molecule has 2 heterocycles. The number of hydrogen-bond donors (Lipinski definition) is 2. The highest BCUT2D eigenvalue weighted by Crippen LogP contribution is 2.25. The summed E-state index contributed by atoms with van der Waals surface area (Å²) >= 11 is 0. The highest BCUT2D eigenvalue weighted by molar-refractivity contribution is 5.01. The number of aromatic nitrogens is 2. The van der Waals surface area contributed by atoms with E-state index in [-0.39, 0.29) is 18.4 Å². The standard InChI is InChI=1S/C8H13N3O2/c1-5-10-8(13-11-5)7-3-9-2-6(7)4-12/h6-7,9,12H,2-4H2,1H3/t6-,7+/m0/s1. The van der Waals surface area contributed by atoms with Crippen LogP contribution in [0, 0.1) is 12.8 Å². The van der Waals surface area contributed by atoms with Gasteiger partial charge >= 0.3 is 0 Å². The van der Waals surface area contributed by atoms with E-state index in [0.29, 0.717) is 11.7 Å². The normalized spacial score (nSPS) is 28.2. The Labute approximate surface area is 76.1 Å². The Bertz CT molecular complexity index is 287. The first-order valence-corrected chi connectivity index (χ1v) is 4.43. The first-order valence-electron chi connectivity index (χ1n) is 4.43. The van der Waals surface area contributed by atoms with Gasteiger partial charge in [0.05, 0.1) is 5.92 Å². The molecule has 1 fully saturated rings. The number of hydrogen-bond acceptors (Lipinski definition) is 5. The van der Waals surface area contributed by atoms with E-state index >= 15 is 0 Å². The van der Waals surface area contributed by atoms with Gasteiger partial charge in [0, 0.05) is 25.6 Å². The van der Waals surface area contributed by atoms with Crippen LogP contribution in [-0.4, -0.2) is 34.9 Å². The molecule has 0 radical (unpaired) electrons. The van der Waals surface area contributed by atoms with Crippen LogP contribution < -0.4 is 5.32 Å². The van der Waals surface area contributed by atoms with E-state index in [0.717, 1.165) is 13.1 Å². The zero-order chi connectivity index (χ0) is 9.26. The topological polar surface area (TPSA) is 71.2 Å². The molecule has 1 aliphatic rings. The van der Waals surface area contributed by atoms with E-state index in [1.807, 2.05) is 0 Å². The van der Waals surface area contributed by atoms with Crippen molar-refractivity contribution < 1.29 is 9.63 Å². The van der Waals surface area contributed by atoms with Gasteiger partial charge in [-0.1, -0.05) is 5.16 Å². The van der Waals surface area contributed by atoms with E-state index in [9.17, 15) is 0 Å². The fourth-order valence-corrected chi connectivity index (χ4v) is 1.68. The second-order valence-corrected chi connectivity index (χ2v) is 3.39. The van der Waals surface area contributed by atoms with Gasteiger partial charge in [0.1, 0.15) is 0 Å². The van der Waals surface area contributed by atoms with Crippen LogP contribution in [0.4, 0.5) is 0 Å². The summed E-state index contributed by atoms with van der Waals surface area (Å²) in [6.45, 7) is 3.60. The molecule has 0 aliphatic carbocycles. The molecule has 0 saturated carbocycles. The van der Waals surface area contributed by atoms with Crippen molar-refractivity contribution in [2.75, 3.05) is 19.7 Å². The van der Waals surface area contributed by atoms with Crippen molar-refractivity contribution in [2.24, 2.45) is 5.92 Å². The summed E-state index contributed by atoms with van der Waals surface area (Å²) in [7, 11) is 0. The Hall–Kier alpha value is -0.940. The number of aliphatic hydroxyl groups excluding tert-OH is 1. The molecule has 1 aliphatic heterocycles. The minimum absolute atomic E-state index is 0.166. The molecule has 0 aromatic carbocycles. The monoisotopic (exact) mass is 183 g/mol. The van der Waals surface area contributed by atoms with Crippen LogP contribution in [0.25, 0.3) is 0 Å². The number of aryl methyl sites for hydroxylation is 1. The lowest BCUT2D eigenvalue weighted by atomic mass is 9.97. The highest BCUT2D eigenvalue weighted by atomic mass is 16.5. The van der Waals surface area contributed by atoms with Crippen LogP contribution in [0.1, 0.15) is 17.6 Å². The number of aliphatic hydroxyl groups is 1. The van der Waals surface area contributed by atoms with Gasteiger partial charge in [0.2, 0.25) is 5.89 Å². The molecule has 2 atom stereocenters. The number of nitrogens with zero attached hydrogens (tertiary/aromatic N) is 2. The maximum Gasteiger partial charge on any atom is 0.231 e. The van der Waals surface area contributed by atoms with E-state index in [2.05, 4.69) is 15.5 Å². The molecule has 0 amide bonds. The van der Waals surface area contributed by atoms with E-state index in [1.54, 1.807) is 6.92 Å². The predicted molar refractivity (Wildman–Crippen MR) is 45.2 cm³/mol. The average molecular weight is 183 g/mol. The minimum Gasteiger partial charge on any atom is -0.396 e. The second-order valence-electron chi connectivity index (χ2n) is 3.39. The third-order valence-corrected chi connectivity index (χ3v) is 2.43. The van der Waals surface area contributed by atoms with Crippen molar-refractivity contribution in [2.45, 2.75) is 12.8 Å². The summed E-state index contributed by atoms with van der Waals surface area (Å²) in [5.41, 5.74) is 0. The predicted octanol–water partition coefficient (Wildman–Crippen LogP) is -0.327. The maximum atomic E-state index is 9.07. The molecule has 2 rings (SSSR count). The van der Waals surface area contributed by atoms with Crippen LogP contribution in [0.15, 0.2) is 4.52 Å². The summed E-state index contributed by atoms with van der Waals surface area (Å²) in [5.74, 6) is 1.67. The molecular formula is C8H13N3O2. The van der Waals surface area contributed by atoms with Crippen molar-refractivity contribution >= 4 is 0 Å². The lowest BCUT2D eigenvalue weighted by molar-refractivity contribution is 0.211. The molecule has 13 heavy (non-hydrogen) atoms. The van der Waals surface area contributed by atoms with Crippen molar-refractivity contribution in [3.63, 3.8) is 0 Å². The molecule has 0 bridgehead atoms. The molecule has 0 unspecified atom stereocenters. The van der Waals surface area contributed by atoms with Crippen LogP contribution >= 0.6 is 0 Å². The Balaban J connectivity index is 2.15. The second kappa shape index (κ2) is 3.43. The lowest BCUT2D eigenvalue weighted by Gasteiger charge is -2.10. The van der Waals surface area contributed by atoms with Crippen molar-refractivity contribution in [3.05, 3.63) is 11.7 Å². The van der Waals surface area contributed by atoms with Crippen LogP contribution in [0.2, 0.25) is 0 Å². The molecule has 5 heteroatoms. The van der Waals surface area contributed by atoms with E-state index in [1.165, 1.54) is 0 Å². The average Bonchev–Trinajstić information content (AvgIpc) is 2.71. The SMILES string of the molecule is Cc1noc([C@@H]2CNC[C@H]2CO)n1. The lowest BCUT2D eigenvalue weighted by Crippen LogP contribution is -2.15. The van der Waals surface area contributed by atoms with Gasteiger partial charge in [0.15, 0.2) is 5.82 Å². The Morgan fingerprint density at radius 2 is 2.46 bits per heavy atom. The van der Waals surface area contributed by atoms with Crippen molar-refractivity contribution in [3.8, 4) is 0 Å². The molecule has 1 aromatic heterocycles. The van der Waals surface area contributed by atoms with Gasteiger partial charge in [0.25, 0.3) is 0 Å². The van der Waals surface area contributed by atoms with E-state index in [4.69, 9.17) is 9.63 Å². The van der Waals surface area contributed by atoms with Gasteiger partial charge in [-0.3, -0.25) is 0 Å². The fraction of sp³-hybridized carbons (Fsp3) is 0.750. The summed E-state index contributed by atoms with van der Waals surface area (Å²) in [5, 5.41) is 16.0. The van der Waals surface area contributed by atoms with Gasteiger partial charge in [-0.2, -0.15) is 4.98 Å².